The van der Waals surface area contributed by atoms with Crippen LogP contribution >= 0.6 is 0 Å². The highest BCUT2D eigenvalue weighted by molar-refractivity contribution is 5.79. The number of ether oxygens (including phenoxy) is 1. The van der Waals surface area contributed by atoms with Gasteiger partial charge in [0.15, 0.2) is 0 Å². The van der Waals surface area contributed by atoms with E-state index in [2.05, 4.69) is 16.7 Å². The molecule has 5 heteroatoms. The molecule has 24 heavy (non-hydrogen) atoms. The Morgan fingerprint density at radius 3 is 2.42 bits per heavy atom. The third kappa shape index (κ3) is 3.11. The lowest BCUT2D eigenvalue weighted by molar-refractivity contribution is -0.137. The molecule has 0 aromatic heterocycles. The van der Waals surface area contributed by atoms with Crippen LogP contribution in [0.15, 0.2) is 0 Å². The van der Waals surface area contributed by atoms with Gasteiger partial charge in [-0.05, 0) is 43.4 Å². The van der Waals surface area contributed by atoms with Crippen molar-refractivity contribution >= 4 is 5.91 Å². The van der Waals surface area contributed by atoms with E-state index in [1.807, 2.05) is 0 Å². The molecule has 136 valence electrons. The maximum atomic E-state index is 13.2. The Kier molecular flexibility index (Phi) is 4.85. The van der Waals surface area contributed by atoms with Crippen LogP contribution in [0.25, 0.3) is 0 Å². The molecule has 2 N–H and O–H groups in total. The molecule has 2 saturated heterocycles. The van der Waals surface area contributed by atoms with Crippen molar-refractivity contribution in [1.82, 2.24) is 9.80 Å². The van der Waals surface area contributed by atoms with Gasteiger partial charge in [-0.25, -0.2) is 0 Å². The summed E-state index contributed by atoms with van der Waals surface area (Å²) >= 11 is 0. The molecule has 2 aliphatic carbocycles. The fourth-order valence-electron chi connectivity index (χ4n) is 5.76. The first kappa shape index (κ1) is 16.8. The van der Waals surface area contributed by atoms with E-state index in [0.717, 1.165) is 52.2 Å². The summed E-state index contributed by atoms with van der Waals surface area (Å²) in [4.78, 5) is 17.9. The normalized spacial score (nSPS) is 43.8. The second-order valence-corrected chi connectivity index (χ2v) is 8.63. The number of rotatable bonds is 2. The van der Waals surface area contributed by atoms with Gasteiger partial charge in [-0.1, -0.05) is 13.3 Å². The van der Waals surface area contributed by atoms with E-state index in [1.165, 1.54) is 19.3 Å². The third-order valence-corrected chi connectivity index (χ3v) is 7.16. The summed E-state index contributed by atoms with van der Waals surface area (Å²) < 4.78 is 5.48. The van der Waals surface area contributed by atoms with Gasteiger partial charge in [-0.15, -0.1) is 0 Å². The van der Waals surface area contributed by atoms with E-state index < -0.39 is 0 Å². The fourth-order valence-corrected chi connectivity index (χ4v) is 5.76. The Labute approximate surface area is 145 Å². The van der Waals surface area contributed by atoms with Gasteiger partial charge in [0.1, 0.15) is 0 Å². The van der Waals surface area contributed by atoms with Crippen molar-refractivity contribution in [2.24, 2.45) is 29.4 Å². The zero-order valence-corrected chi connectivity index (χ0v) is 15.0. The van der Waals surface area contributed by atoms with Crippen molar-refractivity contribution in [2.75, 3.05) is 39.4 Å². The van der Waals surface area contributed by atoms with Gasteiger partial charge in [0.25, 0.3) is 0 Å². The molecule has 0 aromatic carbocycles. The first-order valence-corrected chi connectivity index (χ1v) is 9.99. The smallest absolute Gasteiger partial charge is 0.225 e. The monoisotopic (exact) mass is 335 g/mol. The minimum atomic E-state index is 0.232. The standard InChI is InChI=1S/C19H33N3O2/c1-13-11-22(12-17(13)21-5-7-24-8-6-21)19(23)16-9-14-3-2-4-15(10-16)18(14)20/h13-18H,2-12,20H2,1H3. The van der Waals surface area contributed by atoms with E-state index in [1.54, 1.807) is 0 Å². The lowest BCUT2D eigenvalue weighted by Gasteiger charge is -2.44. The van der Waals surface area contributed by atoms with Crippen LogP contribution in [0.3, 0.4) is 0 Å². The molecule has 5 nitrogen and oxygen atoms in total. The van der Waals surface area contributed by atoms with E-state index >= 15 is 0 Å². The number of nitrogens with zero attached hydrogens (tertiary/aromatic N) is 2. The van der Waals surface area contributed by atoms with Gasteiger partial charge in [0, 0.05) is 44.2 Å². The molecule has 0 aromatic rings. The van der Waals surface area contributed by atoms with E-state index in [9.17, 15) is 4.79 Å². The van der Waals surface area contributed by atoms with Crippen LogP contribution in [0.2, 0.25) is 0 Å². The summed E-state index contributed by atoms with van der Waals surface area (Å²) in [5, 5.41) is 0. The molecule has 4 rings (SSSR count). The lowest BCUT2D eigenvalue weighted by atomic mass is 9.65. The lowest BCUT2D eigenvalue weighted by Crippen LogP contribution is -2.50. The topological polar surface area (TPSA) is 58.8 Å². The molecule has 1 amide bonds. The number of likely N-dealkylation sites (tertiary alicyclic amines) is 1. The number of hydrogen-bond acceptors (Lipinski definition) is 4. The van der Waals surface area contributed by atoms with Gasteiger partial charge >= 0.3 is 0 Å². The Morgan fingerprint density at radius 2 is 1.75 bits per heavy atom. The molecule has 0 radical (unpaired) electrons. The number of fused-ring (bicyclic) bond motifs is 2. The number of amides is 1. The molecular weight excluding hydrogens is 302 g/mol. The van der Waals surface area contributed by atoms with Crippen LogP contribution < -0.4 is 5.73 Å². The highest BCUT2D eigenvalue weighted by Gasteiger charge is 2.44. The summed E-state index contributed by atoms with van der Waals surface area (Å²) in [6.45, 7) is 7.84. The SMILES string of the molecule is CC1CN(C(=O)C2CC3CCCC(C2)C3N)CC1N1CCOCC1. The quantitative estimate of drug-likeness (QED) is 0.827. The summed E-state index contributed by atoms with van der Waals surface area (Å²) in [5.74, 6) is 2.39. The summed E-state index contributed by atoms with van der Waals surface area (Å²) in [6, 6.07) is 0.865. The second kappa shape index (κ2) is 6.93. The molecule has 4 aliphatic rings. The first-order chi connectivity index (χ1) is 11.6. The molecule has 2 heterocycles. The van der Waals surface area contributed by atoms with Gasteiger partial charge in [-0.3, -0.25) is 9.69 Å². The predicted molar refractivity (Wildman–Crippen MR) is 93.5 cm³/mol. The van der Waals surface area contributed by atoms with Crippen molar-refractivity contribution < 1.29 is 9.53 Å². The van der Waals surface area contributed by atoms with Gasteiger partial charge in [0.05, 0.1) is 13.2 Å². The highest BCUT2D eigenvalue weighted by atomic mass is 16.5. The van der Waals surface area contributed by atoms with E-state index in [0.29, 0.717) is 35.7 Å². The fraction of sp³-hybridized carbons (Fsp3) is 0.947. The van der Waals surface area contributed by atoms with E-state index in [-0.39, 0.29) is 5.92 Å². The summed E-state index contributed by atoms with van der Waals surface area (Å²) in [6.07, 6.45) is 5.83. The Morgan fingerprint density at radius 1 is 1.08 bits per heavy atom. The van der Waals surface area contributed by atoms with Crippen LogP contribution in [0.4, 0.5) is 0 Å². The predicted octanol–water partition coefficient (Wildman–Crippen LogP) is 1.32. The molecule has 2 bridgehead atoms. The molecule has 4 fully saturated rings. The average molecular weight is 335 g/mol. The Hall–Kier alpha value is -0.650. The van der Waals surface area contributed by atoms with Crippen molar-refractivity contribution in [3.05, 3.63) is 0 Å². The molecule has 2 saturated carbocycles. The zero-order valence-electron chi connectivity index (χ0n) is 15.0. The first-order valence-electron chi connectivity index (χ1n) is 9.99. The number of carbonyl (C=O) groups is 1. The Bertz CT molecular complexity index is 452. The van der Waals surface area contributed by atoms with Crippen molar-refractivity contribution in [2.45, 2.75) is 51.1 Å². The average Bonchev–Trinajstić information content (AvgIpc) is 2.96. The van der Waals surface area contributed by atoms with Crippen molar-refractivity contribution in [1.29, 1.82) is 0 Å². The number of nitrogens with two attached hydrogens (primary N) is 1. The Balaban J connectivity index is 1.38. The molecule has 4 unspecified atom stereocenters. The number of carbonyl (C=O) groups excluding carboxylic acids is 1. The minimum Gasteiger partial charge on any atom is -0.379 e. The van der Waals surface area contributed by atoms with Crippen molar-refractivity contribution in [3.8, 4) is 0 Å². The van der Waals surface area contributed by atoms with Gasteiger partial charge in [0.2, 0.25) is 5.91 Å². The van der Waals surface area contributed by atoms with Crippen molar-refractivity contribution in [3.63, 3.8) is 0 Å². The summed E-state index contributed by atoms with van der Waals surface area (Å²) in [7, 11) is 0. The zero-order chi connectivity index (χ0) is 16.7. The molecule has 4 atom stereocenters. The van der Waals surface area contributed by atoms with Gasteiger partial charge < -0.3 is 15.4 Å². The number of morpholine rings is 1. The van der Waals surface area contributed by atoms with Crippen LogP contribution in [-0.4, -0.2) is 67.2 Å². The third-order valence-electron chi connectivity index (χ3n) is 7.16. The van der Waals surface area contributed by atoms with Crippen LogP contribution in [0.5, 0.6) is 0 Å². The van der Waals surface area contributed by atoms with Crippen LogP contribution in [0, 0.1) is 23.7 Å². The molecular formula is C19H33N3O2. The maximum Gasteiger partial charge on any atom is 0.225 e. The second-order valence-electron chi connectivity index (χ2n) is 8.63. The molecule has 0 spiro atoms. The minimum absolute atomic E-state index is 0.232. The van der Waals surface area contributed by atoms with Crippen LogP contribution in [0.1, 0.15) is 39.0 Å². The maximum absolute atomic E-state index is 13.2. The largest absolute Gasteiger partial charge is 0.379 e. The summed E-state index contributed by atoms with van der Waals surface area (Å²) in [5.41, 5.74) is 6.40. The molecule has 2 aliphatic heterocycles. The van der Waals surface area contributed by atoms with E-state index in [4.69, 9.17) is 10.5 Å². The highest BCUT2D eigenvalue weighted by Crippen LogP contribution is 2.42. The number of hydrogen-bond donors (Lipinski definition) is 1. The van der Waals surface area contributed by atoms with Gasteiger partial charge in [-0.2, -0.15) is 0 Å². The van der Waals surface area contributed by atoms with Crippen LogP contribution in [-0.2, 0) is 9.53 Å².